The van der Waals surface area contributed by atoms with E-state index in [1.165, 1.54) is 11.3 Å². The van der Waals surface area contributed by atoms with Crippen molar-refractivity contribution >= 4 is 23.1 Å². The first-order valence-electron chi connectivity index (χ1n) is 9.29. The normalized spacial score (nSPS) is 23.1. The van der Waals surface area contributed by atoms with Crippen molar-refractivity contribution in [1.82, 2.24) is 9.97 Å². The van der Waals surface area contributed by atoms with Crippen LogP contribution in [0.5, 0.6) is 0 Å². The van der Waals surface area contributed by atoms with Gasteiger partial charge in [0.15, 0.2) is 0 Å². The third kappa shape index (κ3) is 3.51. The molecule has 2 heterocycles. The summed E-state index contributed by atoms with van der Waals surface area (Å²) in [5.41, 5.74) is 3.55. The lowest BCUT2D eigenvalue weighted by molar-refractivity contribution is 0.0731. The van der Waals surface area contributed by atoms with Crippen molar-refractivity contribution in [2.75, 3.05) is 36.0 Å². The molecule has 1 N–H and O–H groups in total. The molecule has 1 aliphatic carbocycles. The fourth-order valence-corrected chi connectivity index (χ4v) is 4.04. The Morgan fingerprint density at radius 3 is 2.38 bits per heavy atom. The molecule has 6 heteroatoms. The van der Waals surface area contributed by atoms with Gasteiger partial charge in [-0.25, -0.2) is 9.97 Å². The lowest BCUT2D eigenvalue weighted by Gasteiger charge is -2.38. The Morgan fingerprint density at radius 2 is 1.69 bits per heavy atom. The van der Waals surface area contributed by atoms with Crippen LogP contribution < -0.4 is 9.80 Å². The van der Waals surface area contributed by atoms with Gasteiger partial charge in [0.05, 0.1) is 6.10 Å². The number of rotatable bonds is 3. The maximum Gasteiger partial charge on any atom is 0.132 e. The number of hydrogen-bond acceptors (Lipinski definition) is 5. The number of nitrogens with zero attached hydrogens (tertiary/aromatic N) is 4. The number of aliphatic hydroxyl groups is 1. The van der Waals surface area contributed by atoms with Crippen molar-refractivity contribution < 1.29 is 5.11 Å². The highest BCUT2D eigenvalue weighted by Gasteiger charge is 2.30. The molecule has 2 aromatic rings. The van der Waals surface area contributed by atoms with E-state index >= 15 is 0 Å². The Balaban J connectivity index is 1.47. The number of benzene rings is 1. The Labute approximate surface area is 159 Å². The van der Waals surface area contributed by atoms with Gasteiger partial charge in [-0.05, 0) is 44.4 Å². The Morgan fingerprint density at radius 1 is 1.00 bits per heavy atom. The maximum atomic E-state index is 9.58. The highest BCUT2D eigenvalue weighted by molar-refractivity contribution is 6.30. The highest BCUT2D eigenvalue weighted by atomic mass is 35.5. The average molecular weight is 373 g/mol. The van der Waals surface area contributed by atoms with E-state index < -0.39 is 0 Å². The molecule has 26 heavy (non-hydrogen) atoms. The summed E-state index contributed by atoms with van der Waals surface area (Å²) in [7, 11) is 0. The van der Waals surface area contributed by atoms with Crippen LogP contribution in [-0.4, -0.2) is 47.4 Å². The number of anilines is 2. The zero-order valence-corrected chi connectivity index (χ0v) is 16.1. The summed E-state index contributed by atoms with van der Waals surface area (Å²) in [6.45, 7) is 7.83. The smallest absolute Gasteiger partial charge is 0.132 e. The van der Waals surface area contributed by atoms with Crippen LogP contribution >= 0.6 is 11.6 Å². The molecule has 0 amide bonds. The zero-order chi connectivity index (χ0) is 18.3. The SMILES string of the molecule is Cc1nc(C2CC(O)C2)cc(N2CCN(c3cc(Cl)ccc3C)CC2)n1. The number of halogens is 1. The van der Waals surface area contributed by atoms with E-state index in [-0.39, 0.29) is 6.10 Å². The van der Waals surface area contributed by atoms with Gasteiger partial charge in [0.25, 0.3) is 0 Å². The fourth-order valence-electron chi connectivity index (χ4n) is 3.87. The first-order chi connectivity index (χ1) is 12.5. The minimum absolute atomic E-state index is 0.164. The van der Waals surface area contributed by atoms with Crippen LogP contribution in [0.1, 0.15) is 35.8 Å². The lowest BCUT2D eigenvalue weighted by Crippen LogP contribution is -2.47. The molecule has 0 spiro atoms. The Bertz CT molecular complexity index is 798. The summed E-state index contributed by atoms with van der Waals surface area (Å²) >= 11 is 6.18. The average Bonchev–Trinajstić information content (AvgIpc) is 2.61. The van der Waals surface area contributed by atoms with E-state index in [0.717, 1.165) is 61.4 Å². The standard InChI is InChI=1S/C20H25ClN4O/c1-13-3-4-16(21)11-19(13)24-5-7-25(8-6-24)20-12-18(22-14(2)23-20)15-9-17(26)10-15/h3-4,11-12,15,17,26H,5-10H2,1-2H3. The third-order valence-electron chi connectivity index (χ3n) is 5.49. The van der Waals surface area contributed by atoms with Crippen LogP contribution in [0.4, 0.5) is 11.5 Å². The van der Waals surface area contributed by atoms with Gasteiger partial charge in [0.1, 0.15) is 11.6 Å². The minimum Gasteiger partial charge on any atom is -0.393 e. The van der Waals surface area contributed by atoms with Crippen molar-refractivity contribution in [1.29, 1.82) is 0 Å². The monoisotopic (exact) mass is 372 g/mol. The van der Waals surface area contributed by atoms with Gasteiger partial charge in [-0.1, -0.05) is 17.7 Å². The van der Waals surface area contributed by atoms with Gasteiger partial charge >= 0.3 is 0 Å². The fraction of sp³-hybridized carbons (Fsp3) is 0.500. The molecule has 1 aliphatic heterocycles. The van der Waals surface area contributed by atoms with E-state index in [1.807, 2.05) is 13.0 Å². The third-order valence-corrected chi connectivity index (χ3v) is 5.73. The minimum atomic E-state index is -0.164. The Hall–Kier alpha value is -1.85. The molecule has 2 aliphatic rings. The van der Waals surface area contributed by atoms with Gasteiger partial charge < -0.3 is 14.9 Å². The molecule has 1 aromatic heterocycles. The molecule has 2 fully saturated rings. The summed E-state index contributed by atoms with van der Waals surface area (Å²) in [4.78, 5) is 14.0. The summed E-state index contributed by atoms with van der Waals surface area (Å²) < 4.78 is 0. The second-order valence-electron chi connectivity index (χ2n) is 7.43. The molecule has 0 radical (unpaired) electrons. The van der Waals surface area contributed by atoms with Crippen LogP contribution in [-0.2, 0) is 0 Å². The summed E-state index contributed by atoms with van der Waals surface area (Å²) in [5, 5.41) is 10.4. The quantitative estimate of drug-likeness (QED) is 0.895. The number of aromatic nitrogens is 2. The molecular formula is C20H25ClN4O. The van der Waals surface area contributed by atoms with Crippen molar-refractivity contribution in [3.63, 3.8) is 0 Å². The van der Waals surface area contributed by atoms with E-state index in [2.05, 4.69) is 44.9 Å². The van der Waals surface area contributed by atoms with Crippen LogP contribution in [0, 0.1) is 13.8 Å². The van der Waals surface area contributed by atoms with E-state index in [0.29, 0.717) is 5.92 Å². The van der Waals surface area contributed by atoms with Crippen molar-refractivity contribution in [3.05, 3.63) is 46.4 Å². The van der Waals surface area contributed by atoms with Gasteiger partial charge in [-0.2, -0.15) is 0 Å². The lowest BCUT2D eigenvalue weighted by atomic mass is 9.80. The molecule has 0 atom stereocenters. The summed E-state index contributed by atoms with van der Waals surface area (Å²) in [6.07, 6.45) is 1.47. The molecule has 138 valence electrons. The van der Waals surface area contributed by atoms with E-state index in [4.69, 9.17) is 11.6 Å². The van der Waals surface area contributed by atoms with Crippen molar-refractivity contribution in [3.8, 4) is 0 Å². The molecule has 5 nitrogen and oxygen atoms in total. The van der Waals surface area contributed by atoms with Crippen LogP contribution in [0.3, 0.4) is 0 Å². The second kappa shape index (κ2) is 7.05. The Kier molecular flexibility index (Phi) is 4.76. The number of aryl methyl sites for hydroxylation is 2. The highest BCUT2D eigenvalue weighted by Crippen LogP contribution is 2.37. The van der Waals surface area contributed by atoms with Gasteiger partial charge in [-0.15, -0.1) is 0 Å². The van der Waals surface area contributed by atoms with E-state index in [9.17, 15) is 5.11 Å². The first-order valence-corrected chi connectivity index (χ1v) is 9.67. The van der Waals surface area contributed by atoms with Gasteiger partial charge in [-0.3, -0.25) is 0 Å². The van der Waals surface area contributed by atoms with Gasteiger partial charge in [0.2, 0.25) is 0 Å². The molecule has 4 rings (SSSR count). The van der Waals surface area contributed by atoms with E-state index in [1.54, 1.807) is 0 Å². The largest absolute Gasteiger partial charge is 0.393 e. The number of hydrogen-bond donors (Lipinski definition) is 1. The predicted octanol–water partition coefficient (Wildman–Crippen LogP) is 3.31. The molecule has 0 bridgehead atoms. The number of piperazine rings is 1. The summed E-state index contributed by atoms with van der Waals surface area (Å²) in [6, 6.07) is 8.20. The second-order valence-corrected chi connectivity index (χ2v) is 7.86. The maximum absolute atomic E-state index is 9.58. The molecule has 0 unspecified atom stereocenters. The zero-order valence-electron chi connectivity index (χ0n) is 15.3. The van der Waals surface area contributed by atoms with Crippen LogP contribution in [0.15, 0.2) is 24.3 Å². The molecule has 1 saturated heterocycles. The molecular weight excluding hydrogens is 348 g/mol. The van der Waals surface area contributed by atoms with Crippen LogP contribution in [0.2, 0.25) is 5.02 Å². The van der Waals surface area contributed by atoms with Crippen molar-refractivity contribution in [2.45, 2.75) is 38.7 Å². The van der Waals surface area contributed by atoms with Crippen molar-refractivity contribution in [2.24, 2.45) is 0 Å². The van der Waals surface area contributed by atoms with Crippen LogP contribution in [0.25, 0.3) is 0 Å². The summed E-state index contributed by atoms with van der Waals surface area (Å²) in [5.74, 6) is 2.20. The first kappa shape index (κ1) is 17.6. The number of aliphatic hydroxyl groups excluding tert-OH is 1. The molecule has 1 saturated carbocycles. The molecule has 1 aromatic carbocycles. The van der Waals surface area contributed by atoms with Gasteiger partial charge in [0, 0.05) is 54.6 Å². The topological polar surface area (TPSA) is 52.5 Å². The predicted molar refractivity (Wildman–Crippen MR) is 105 cm³/mol.